The summed E-state index contributed by atoms with van der Waals surface area (Å²) in [5, 5.41) is 11.8. The van der Waals surface area contributed by atoms with E-state index in [9.17, 15) is 9.59 Å². The first kappa shape index (κ1) is 24.5. The van der Waals surface area contributed by atoms with E-state index in [1.165, 1.54) is 11.3 Å². The molecule has 0 bridgehead atoms. The molecular weight excluding hydrogens is 482 g/mol. The Hall–Kier alpha value is -4.14. The summed E-state index contributed by atoms with van der Waals surface area (Å²) in [5.41, 5.74) is 3.06. The fraction of sp³-hybridized carbons (Fsp3) is 0.310. The summed E-state index contributed by atoms with van der Waals surface area (Å²) in [5.74, 6) is 5.79. The molecule has 2 aromatic carbocycles. The van der Waals surface area contributed by atoms with Gasteiger partial charge in [0.1, 0.15) is 5.69 Å². The van der Waals surface area contributed by atoms with Crippen LogP contribution in [0.3, 0.4) is 0 Å². The fourth-order valence-electron chi connectivity index (χ4n) is 4.71. The lowest BCUT2D eigenvalue weighted by atomic mass is 9.97. The van der Waals surface area contributed by atoms with Gasteiger partial charge < -0.3 is 14.7 Å². The van der Waals surface area contributed by atoms with E-state index in [0.29, 0.717) is 37.4 Å². The molecule has 0 unspecified atom stereocenters. The lowest BCUT2D eigenvalue weighted by Crippen LogP contribution is -2.48. The Bertz CT molecular complexity index is 1350. The van der Waals surface area contributed by atoms with E-state index < -0.39 is 0 Å². The van der Waals surface area contributed by atoms with Crippen LogP contribution in [0, 0.1) is 23.2 Å². The van der Waals surface area contributed by atoms with Crippen LogP contribution >= 0.6 is 11.3 Å². The van der Waals surface area contributed by atoms with Gasteiger partial charge in [0.15, 0.2) is 0 Å². The minimum atomic E-state index is -0.141. The van der Waals surface area contributed by atoms with Crippen molar-refractivity contribution in [2.24, 2.45) is 0 Å². The van der Waals surface area contributed by atoms with Gasteiger partial charge in [0, 0.05) is 67.7 Å². The Labute approximate surface area is 220 Å². The first-order valence-corrected chi connectivity index (χ1v) is 13.3. The van der Waals surface area contributed by atoms with E-state index in [0.717, 1.165) is 42.2 Å². The number of nitriles is 1. The van der Waals surface area contributed by atoms with Crippen LogP contribution in [0.25, 0.3) is 0 Å². The van der Waals surface area contributed by atoms with E-state index in [2.05, 4.69) is 22.8 Å². The first-order valence-electron chi connectivity index (χ1n) is 12.5. The quantitative estimate of drug-likeness (QED) is 0.503. The van der Waals surface area contributed by atoms with Gasteiger partial charge >= 0.3 is 0 Å². The summed E-state index contributed by atoms with van der Waals surface area (Å²) in [4.78, 5) is 36.2. The minimum Gasteiger partial charge on any atom is -0.368 e. The number of hydrogen-bond acceptors (Lipinski definition) is 6. The van der Waals surface area contributed by atoms with E-state index in [4.69, 9.17) is 10.2 Å². The zero-order chi connectivity index (χ0) is 25.6. The molecule has 2 aliphatic rings. The predicted molar refractivity (Wildman–Crippen MR) is 143 cm³/mol. The number of anilines is 1. The van der Waals surface area contributed by atoms with Crippen LogP contribution in [-0.4, -0.2) is 65.9 Å². The van der Waals surface area contributed by atoms with Crippen molar-refractivity contribution in [2.45, 2.75) is 18.8 Å². The molecule has 1 aromatic heterocycles. The van der Waals surface area contributed by atoms with Gasteiger partial charge in [-0.25, -0.2) is 4.98 Å². The summed E-state index contributed by atoms with van der Waals surface area (Å²) in [7, 11) is 0. The Morgan fingerprint density at radius 1 is 0.865 bits per heavy atom. The fourth-order valence-corrected chi connectivity index (χ4v) is 5.67. The highest BCUT2D eigenvalue weighted by molar-refractivity contribution is 7.09. The molecule has 5 rings (SSSR count). The maximum atomic E-state index is 13.1. The Morgan fingerprint density at radius 3 is 2.24 bits per heavy atom. The highest BCUT2D eigenvalue weighted by Gasteiger charge is 2.28. The standard InChI is InChI=1S/C29H27N5O2S/c30-20-23-6-9-25(10-7-23)32-16-18-34(19-17-32)29(36)26-21-37-28(31-26)24-12-14-33(15-13-24)27(35)11-8-22-4-2-1-3-5-22/h1-7,9-10,21,24H,12-19H2. The van der Waals surface area contributed by atoms with Crippen LogP contribution in [0.1, 0.15) is 45.4 Å². The number of amides is 2. The number of carbonyl (C=O) groups is 2. The zero-order valence-corrected chi connectivity index (χ0v) is 21.3. The highest BCUT2D eigenvalue weighted by Crippen LogP contribution is 2.31. The Balaban J connectivity index is 1.12. The SMILES string of the molecule is N#Cc1ccc(N2CCN(C(=O)c3csc(C4CCN(C(=O)C#Cc5ccccc5)CC4)n3)CC2)cc1. The molecule has 2 saturated heterocycles. The van der Waals surface area contributed by atoms with Gasteiger partial charge in [-0.05, 0) is 49.2 Å². The van der Waals surface area contributed by atoms with Gasteiger partial charge in [0.05, 0.1) is 16.6 Å². The number of aromatic nitrogens is 1. The van der Waals surface area contributed by atoms with Gasteiger partial charge in [-0.15, -0.1) is 11.3 Å². The number of benzene rings is 2. The number of piperazine rings is 1. The molecule has 2 amide bonds. The second-order valence-corrected chi connectivity index (χ2v) is 10.1. The van der Waals surface area contributed by atoms with Crippen molar-refractivity contribution in [3.05, 3.63) is 81.8 Å². The number of rotatable bonds is 3. The molecule has 2 aliphatic heterocycles. The molecule has 0 radical (unpaired) electrons. The molecule has 37 heavy (non-hydrogen) atoms. The maximum Gasteiger partial charge on any atom is 0.298 e. The maximum absolute atomic E-state index is 13.1. The lowest BCUT2D eigenvalue weighted by molar-refractivity contribution is -0.126. The van der Waals surface area contributed by atoms with Gasteiger partial charge in [0.2, 0.25) is 0 Å². The summed E-state index contributed by atoms with van der Waals surface area (Å²) in [6.45, 7) is 4.05. The molecule has 0 saturated carbocycles. The minimum absolute atomic E-state index is 0.0224. The molecule has 7 nitrogen and oxygen atoms in total. The second-order valence-electron chi connectivity index (χ2n) is 9.19. The molecule has 2 fully saturated rings. The molecular formula is C29H27N5O2S. The summed E-state index contributed by atoms with van der Waals surface area (Å²) in [6.07, 6.45) is 1.65. The van der Waals surface area contributed by atoms with E-state index in [1.807, 2.05) is 64.9 Å². The third kappa shape index (κ3) is 5.82. The molecule has 0 aliphatic carbocycles. The van der Waals surface area contributed by atoms with Crippen molar-refractivity contribution in [3.8, 4) is 17.9 Å². The Morgan fingerprint density at radius 2 is 1.57 bits per heavy atom. The molecule has 0 N–H and O–H groups in total. The molecule has 0 spiro atoms. The topological polar surface area (TPSA) is 80.5 Å². The van der Waals surface area contributed by atoms with Crippen LogP contribution in [-0.2, 0) is 4.79 Å². The van der Waals surface area contributed by atoms with E-state index in [-0.39, 0.29) is 17.7 Å². The summed E-state index contributed by atoms with van der Waals surface area (Å²) < 4.78 is 0. The Kier molecular flexibility index (Phi) is 7.49. The van der Waals surface area contributed by atoms with Crippen molar-refractivity contribution in [1.29, 1.82) is 5.26 Å². The molecule has 3 heterocycles. The van der Waals surface area contributed by atoms with Crippen LogP contribution < -0.4 is 4.90 Å². The highest BCUT2D eigenvalue weighted by atomic mass is 32.1. The summed E-state index contributed by atoms with van der Waals surface area (Å²) in [6, 6.07) is 19.2. The number of carbonyl (C=O) groups excluding carboxylic acids is 2. The van der Waals surface area contributed by atoms with E-state index >= 15 is 0 Å². The molecule has 8 heteroatoms. The predicted octanol–water partition coefficient (Wildman–Crippen LogP) is 3.73. The van der Waals surface area contributed by atoms with Crippen molar-refractivity contribution in [1.82, 2.24) is 14.8 Å². The summed E-state index contributed by atoms with van der Waals surface area (Å²) >= 11 is 1.54. The number of thiazole rings is 1. The monoisotopic (exact) mass is 509 g/mol. The average Bonchev–Trinajstić information content (AvgIpc) is 3.47. The number of likely N-dealkylation sites (tertiary alicyclic amines) is 1. The number of piperidine rings is 1. The smallest absolute Gasteiger partial charge is 0.298 e. The third-order valence-corrected chi connectivity index (χ3v) is 7.90. The van der Waals surface area contributed by atoms with E-state index in [1.54, 1.807) is 4.90 Å². The largest absolute Gasteiger partial charge is 0.368 e. The van der Waals surface area contributed by atoms with Crippen molar-refractivity contribution in [2.75, 3.05) is 44.2 Å². The van der Waals surface area contributed by atoms with Crippen molar-refractivity contribution >= 4 is 28.8 Å². The van der Waals surface area contributed by atoms with Crippen LogP contribution in [0.5, 0.6) is 0 Å². The van der Waals surface area contributed by atoms with Gasteiger partial charge in [0.25, 0.3) is 11.8 Å². The normalized spacial score (nSPS) is 16.0. The van der Waals surface area contributed by atoms with Crippen LogP contribution in [0.4, 0.5) is 5.69 Å². The average molecular weight is 510 g/mol. The molecule has 0 atom stereocenters. The zero-order valence-electron chi connectivity index (χ0n) is 20.5. The van der Waals surface area contributed by atoms with Crippen molar-refractivity contribution < 1.29 is 9.59 Å². The van der Waals surface area contributed by atoms with Gasteiger partial charge in [-0.2, -0.15) is 5.26 Å². The molecule has 186 valence electrons. The molecule has 3 aromatic rings. The van der Waals surface area contributed by atoms with Crippen LogP contribution in [0.2, 0.25) is 0 Å². The number of nitrogens with zero attached hydrogens (tertiary/aromatic N) is 5. The van der Waals surface area contributed by atoms with Crippen LogP contribution in [0.15, 0.2) is 60.0 Å². The first-order chi connectivity index (χ1) is 18.1. The number of hydrogen-bond donors (Lipinski definition) is 0. The van der Waals surface area contributed by atoms with Crippen molar-refractivity contribution in [3.63, 3.8) is 0 Å². The second kappa shape index (κ2) is 11.3. The van der Waals surface area contributed by atoms with Gasteiger partial charge in [-0.1, -0.05) is 24.1 Å². The van der Waals surface area contributed by atoms with Gasteiger partial charge in [-0.3, -0.25) is 9.59 Å². The lowest BCUT2D eigenvalue weighted by Gasteiger charge is -2.35. The third-order valence-electron chi connectivity index (χ3n) is 6.89.